The minimum atomic E-state index is -0.111. The standard InChI is InChI=1S/C28H44O2/c1-3-4-5-6-7-8-9-10-11-21-19-28(2)25(16-17-26(28)30)24-14-12-20-18-22(29)13-15-23(20)27(21)24/h18,21,24-26,30H,3-17,19H2,1-2H3/t21-,24?,25?,26-,28-/m0/s1. The molecule has 0 aromatic carbocycles. The van der Waals surface area contributed by atoms with Gasteiger partial charge in [0.05, 0.1) is 6.10 Å². The lowest BCUT2D eigenvalue weighted by Crippen LogP contribution is -2.45. The normalized spacial score (nSPS) is 35.7. The molecule has 0 saturated heterocycles. The highest BCUT2D eigenvalue weighted by molar-refractivity contribution is 5.93. The Morgan fingerprint density at radius 2 is 1.70 bits per heavy atom. The van der Waals surface area contributed by atoms with Crippen LogP contribution in [0.4, 0.5) is 0 Å². The topological polar surface area (TPSA) is 37.3 Å². The Morgan fingerprint density at radius 3 is 2.47 bits per heavy atom. The third-order valence-electron chi connectivity index (χ3n) is 9.19. The third-order valence-corrected chi connectivity index (χ3v) is 9.19. The second-order valence-corrected chi connectivity index (χ2v) is 11.1. The summed E-state index contributed by atoms with van der Waals surface area (Å²) in [5, 5.41) is 10.9. The van der Waals surface area contributed by atoms with Crippen LogP contribution in [0.15, 0.2) is 22.8 Å². The van der Waals surface area contributed by atoms with Gasteiger partial charge in [-0.25, -0.2) is 0 Å². The van der Waals surface area contributed by atoms with E-state index in [0.29, 0.717) is 30.0 Å². The third kappa shape index (κ3) is 4.36. The van der Waals surface area contributed by atoms with Crippen LogP contribution in [0.25, 0.3) is 0 Å². The lowest BCUT2D eigenvalue weighted by Gasteiger charge is -2.52. The number of aliphatic hydroxyl groups is 1. The fourth-order valence-electron chi connectivity index (χ4n) is 7.59. The second-order valence-electron chi connectivity index (χ2n) is 11.1. The lowest BCUT2D eigenvalue weighted by atomic mass is 9.53. The van der Waals surface area contributed by atoms with Crippen LogP contribution in [-0.2, 0) is 4.79 Å². The summed E-state index contributed by atoms with van der Waals surface area (Å²) in [6.07, 6.45) is 21.5. The summed E-state index contributed by atoms with van der Waals surface area (Å²) in [6, 6.07) is 0. The fraction of sp³-hybridized carbons (Fsp3) is 0.821. The summed E-state index contributed by atoms with van der Waals surface area (Å²) in [5.74, 6) is 2.30. The number of carbonyl (C=O) groups is 1. The van der Waals surface area contributed by atoms with Crippen LogP contribution in [0.2, 0.25) is 0 Å². The number of allylic oxidation sites excluding steroid dienone is 4. The van der Waals surface area contributed by atoms with Crippen LogP contribution < -0.4 is 0 Å². The number of carbonyl (C=O) groups excluding carboxylic acids is 1. The maximum atomic E-state index is 12.0. The van der Waals surface area contributed by atoms with Gasteiger partial charge in [0, 0.05) is 6.42 Å². The molecule has 1 N–H and O–H groups in total. The number of ketones is 1. The van der Waals surface area contributed by atoms with Crippen molar-refractivity contribution < 1.29 is 9.90 Å². The van der Waals surface area contributed by atoms with Crippen molar-refractivity contribution in [2.24, 2.45) is 23.2 Å². The van der Waals surface area contributed by atoms with Gasteiger partial charge in [-0.2, -0.15) is 0 Å². The minimum absolute atomic E-state index is 0.111. The summed E-state index contributed by atoms with van der Waals surface area (Å²) >= 11 is 0. The zero-order valence-corrected chi connectivity index (χ0v) is 19.6. The molecule has 4 rings (SSSR count). The highest BCUT2D eigenvalue weighted by atomic mass is 16.3. The molecule has 0 amide bonds. The zero-order chi connectivity index (χ0) is 21.1. The molecule has 0 aliphatic heterocycles. The van der Waals surface area contributed by atoms with E-state index >= 15 is 0 Å². The Kier molecular flexibility index (Phi) is 7.23. The molecule has 0 aromatic heterocycles. The predicted octanol–water partition coefficient (Wildman–Crippen LogP) is 7.31. The van der Waals surface area contributed by atoms with Crippen molar-refractivity contribution >= 4 is 5.78 Å². The van der Waals surface area contributed by atoms with Crippen LogP contribution in [-0.4, -0.2) is 17.0 Å². The van der Waals surface area contributed by atoms with Crippen molar-refractivity contribution in [3.63, 3.8) is 0 Å². The van der Waals surface area contributed by atoms with Crippen LogP contribution in [0.3, 0.4) is 0 Å². The summed E-state index contributed by atoms with van der Waals surface area (Å²) in [5.41, 5.74) is 4.82. The Balaban J connectivity index is 1.46. The maximum absolute atomic E-state index is 12.0. The highest BCUT2D eigenvalue weighted by Gasteiger charge is 2.55. The molecule has 0 aromatic rings. The predicted molar refractivity (Wildman–Crippen MR) is 124 cm³/mol. The van der Waals surface area contributed by atoms with Crippen LogP contribution in [0, 0.1) is 23.2 Å². The van der Waals surface area contributed by atoms with Crippen LogP contribution >= 0.6 is 0 Å². The van der Waals surface area contributed by atoms with E-state index < -0.39 is 0 Å². The molecule has 2 nitrogen and oxygen atoms in total. The van der Waals surface area contributed by atoms with Crippen molar-refractivity contribution in [2.75, 3.05) is 0 Å². The van der Waals surface area contributed by atoms with Crippen molar-refractivity contribution in [2.45, 2.75) is 123 Å². The second kappa shape index (κ2) is 9.72. The first-order valence-corrected chi connectivity index (χ1v) is 13.2. The van der Waals surface area contributed by atoms with Gasteiger partial charge in [-0.15, -0.1) is 0 Å². The first-order valence-electron chi connectivity index (χ1n) is 13.2. The molecule has 0 spiro atoms. The smallest absolute Gasteiger partial charge is 0.156 e. The van der Waals surface area contributed by atoms with E-state index in [1.165, 1.54) is 82.6 Å². The van der Waals surface area contributed by atoms with E-state index in [2.05, 4.69) is 13.8 Å². The number of aliphatic hydroxyl groups excluding tert-OH is 1. The molecule has 4 aliphatic carbocycles. The molecule has 5 atom stereocenters. The first-order chi connectivity index (χ1) is 14.5. The van der Waals surface area contributed by atoms with Gasteiger partial charge < -0.3 is 5.11 Å². The summed E-state index contributed by atoms with van der Waals surface area (Å²) in [4.78, 5) is 12.0. The SMILES string of the molecule is CCCCCCCCCC[C@H]1C[C@@]2(C)C(CC[C@@H]2O)C2CCC3=CC(=O)CCC3=C21. The minimum Gasteiger partial charge on any atom is -0.393 e. The lowest BCUT2D eigenvalue weighted by molar-refractivity contribution is -0.114. The van der Waals surface area contributed by atoms with Gasteiger partial charge in [0.15, 0.2) is 5.78 Å². The molecule has 0 heterocycles. The monoisotopic (exact) mass is 412 g/mol. The van der Waals surface area contributed by atoms with Crippen molar-refractivity contribution in [1.82, 2.24) is 0 Å². The van der Waals surface area contributed by atoms with E-state index in [1.807, 2.05) is 6.08 Å². The Bertz CT molecular complexity index is 687. The van der Waals surface area contributed by atoms with Crippen molar-refractivity contribution in [3.8, 4) is 0 Å². The molecule has 2 heteroatoms. The van der Waals surface area contributed by atoms with Crippen LogP contribution in [0.5, 0.6) is 0 Å². The van der Waals surface area contributed by atoms with E-state index in [9.17, 15) is 9.90 Å². The molecule has 30 heavy (non-hydrogen) atoms. The van der Waals surface area contributed by atoms with Gasteiger partial charge in [-0.3, -0.25) is 4.79 Å². The van der Waals surface area contributed by atoms with Gasteiger partial charge in [0.25, 0.3) is 0 Å². The maximum Gasteiger partial charge on any atom is 0.156 e. The summed E-state index contributed by atoms with van der Waals surface area (Å²) in [7, 11) is 0. The van der Waals surface area contributed by atoms with Gasteiger partial charge in [0.2, 0.25) is 0 Å². The van der Waals surface area contributed by atoms with Gasteiger partial charge in [0.1, 0.15) is 0 Å². The number of unbranched alkanes of at least 4 members (excludes halogenated alkanes) is 7. The first kappa shape index (κ1) is 22.3. The summed E-state index contributed by atoms with van der Waals surface area (Å²) in [6.45, 7) is 4.68. The van der Waals surface area contributed by atoms with Gasteiger partial charge in [-0.1, -0.05) is 70.8 Å². The molecule has 2 saturated carbocycles. The van der Waals surface area contributed by atoms with Crippen molar-refractivity contribution in [1.29, 1.82) is 0 Å². The van der Waals surface area contributed by atoms with Crippen molar-refractivity contribution in [3.05, 3.63) is 22.8 Å². The average Bonchev–Trinajstić information content (AvgIpc) is 3.03. The summed E-state index contributed by atoms with van der Waals surface area (Å²) < 4.78 is 0. The average molecular weight is 413 g/mol. The molecule has 4 aliphatic rings. The largest absolute Gasteiger partial charge is 0.393 e. The number of hydrogen-bond acceptors (Lipinski definition) is 2. The molecular weight excluding hydrogens is 368 g/mol. The molecule has 2 fully saturated rings. The Labute approximate surface area is 184 Å². The highest BCUT2D eigenvalue weighted by Crippen LogP contribution is 2.62. The van der Waals surface area contributed by atoms with E-state index in [1.54, 1.807) is 11.1 Å². The van der Waals surface area contributed by atoms with E-state index in [-0.39, 0.29) is 11.5 Å². The Morgan fingerprint density at radius 1 is 0.967 bits per heavy atom. The van der Waals surface area contributed by atoms with E-state index in [4.69, 9.17) is 0 Å². The Hall–Kier alpha value is -0.890. The quantitative estimate of drug-likeness (QED) is 0.403. The van der Waals surface area contributed by atoms with Gasteiger partial charge in [-0.05, 0) is 85.3 Å². The number of hydrogen-bond donors (Lipinski definition) is 1. The number of rotatable bonds is 9. The van der Waals surface area contributed by atoms with Gasteiger partial charge >= 0.3 is 0 Å². The molecule has 168 valence electrons. The molecule has 0 radical (unpaired) electrons. The van der Waals surface area contributed by atoms with E-state index in [0.717, 1.165) is 19.3 Å². The fourth-order valence-corrected chi connectivity index (χ4v) is 7.59. The molecule has 0 bridgehead atoms. The molecular formula is C28H44O2. The van der Waals surface area contributed by atoms with Crippen LogP contribution in [0.1, 0.15) is 117 Å². The number of fused-ring (bicyclic) bond motifs is 4. The molecule has 2 unspecified atom stereocenters. The zero-order valence-electron chi connectivity index (χ0n) is 19.6.